The monoisotopic (exact) mass is 418 g/mol. The van der Waals surface area contributed by atoms with Gasteiger partial charge < -0.3 is 10.6 Å². The highest BCUT2D eigenvalue weighted by molar-refractivity contribution is 14.0. The fourth-order valence-corrected chi connectivity index (χ4v) is 2.62. The zero-order chi connectivity index (χ0) is 14.1. The van der Waals surface area contributed by atoms with Crippen LogP contribution in [0.25, 0.3) is 0 Å². The molecule has 6 nitrogen and oxygen atoms in total. The largest absolute Gasteiger partial charge is 0.357 e. The van der Waals surface area contributed by atoms with Gasteiger partial charge in [0.2, 0.25) is 10.0 Å². The molecule has 0 atom stereocenters. The summed E-state index contributed by atoms with van der Waals surface area (Å²) in [5.41, 5.74) is 0. The zero-order valence-corrected chi connectivity index (χ0v) is 15.5. The molecule has 0 aliphatic heterocycles. The summed E-state index contributed by atoms with van der Waals surface area (Å²) in [5.74, 6) is 0.782. The Morgan fingerprint density at radius 2 is 1.90 bits per heavy atom. The van der Waals surface area contributed by atoms with Crippen molar-refractivity contribution in [3.63, 3.8) is 0 Å². The lowest BCUT2D eigenvalue weighted by Crippen LogP contribution is -2.44. The third-order valence-corrected chi connectivity index (χ3v) is 3.76. The maximum absolute atomic E-state index is 10.9. The molecule has 0 amide bonds. The molecule has 0 heterocycles. The van der Waals surface area contributed by atoms with Gasteiger partial charge in [-0.05, 0) is 19.8 Å². The van der Waals surface area contributed by atoms with E-state index in [9.17, 15) is 8.42 Å². The fraction of sp³-hybridized carbons (Fsp3) is 0.917. The van der Waals surface area contributed by atoms with Gasteiger partial charge in [0.1, 0.15) is 0 Å². The number of aliphatic imine (C=N–C) groups is 1. The summed E-state index contributed by atoms with van der Waals surface area (Å²) in [6.07, 6.45) is 7.39. The molecule has 1 saturated carbocycles. The van der Waals surface area contributed by atoms with Crippen molar-refractivity contribution in [1.29, 1.82) is 0 Å². The predicted octanol–water partition coefficient (Wildman–Crippen LogP) is 1.04. The Morgan fingerprint density at radius 1 is 1.25 bits per heavy atom. The average Bonchev–Trinajstić information content (AvgIpc) is 2.35. The lowest BCUT2D eigenvalue weighted by molar-refractivity contribution is 0.410. The molecule has 1 rings (SSSR count). The molecular formula is C12H27IN4O2S. The van der Waals surface area contributed by atoms with Crippen molar-refractivity contribution in [2.75, 3.05) is 25.9 Å². The van der Waals surface area contributed by atoms with Gasteiger partial charge in [-0.2, -0.15) is 0 Å². The minimum atomic E-state index is -3.12. The van der Waals surface area contributed by atoms with Crippen LogP contribution in [0, 0.1) is 0 Å². The van der Waals surface area contributed by atoms with Crippen molar-refractivity contribution in [1.82, 2.24) is 15.4 Å². The second-order valence-electron chi connectivity index (χ2n) is 4.91. The molecule has 20 heavy (non-hydrogen) atoms. The summed E-state index contributed by atoms with van der Waals surface area (Å²) in [6.45, 7) is 3.60. The zero-order valence-electron chi connectivity index (χ0n) is 12.3. The van der Waals surface area contributed by atoms with Gasteiger partial charge in [-0.3, -0.25) is 4.99 Å². The van der Waals surface area contributed by atoms with E-state index in [1.807, 2.05) is 6.92 Å². The molecule has 0 aromatic rings. The summed E-state index contributed by atoms with van der Waals surface area (Å²) in [7, 11) is -3.12. The first-order valence-electron chi connectivity index (χ1n) is 7.00. The van der Waals surface area contributed by atoms with E-state index in [0.717, 1.165) is 18.8 Å². The highest BCUT2D eigenvalue weighted by Gasteiger charge is 2.14. The fourth-order valence-electron chi connectivity index (χ4n) is 2.16. The third kappa shape index (κ3) is 9.76. The Kier molecular flexibility index (Phi) is 10.6. The van der Waals surface area contributed by atoms with Gasteiger partial charge in [0.05, 0.1) is 12.8 Å². The van der Waals surface area contributed by atoms with Crippen molar-refractivity contribution in [2.45, 2.75) is 45.1 Å². The normalized spacial score (nSPS) is 17.4. The smallest absolute Gasteiger partial charge is 0.208 e. The van der Waals surface area contributed by atoms with Crippen molar-refractivity contribution >= 4 is 40.0 Å². The number of sulfonamides is 1. The maximum atomic E-state index is 10.9. The van der Waals surface area contributed by atoms with Gasteiger partial charge >= 0.3 is 0 Å². The molecule has 120 valence electrons. The van der Waals surface area contributed by atoms with Crippen LogP contribution < -0.4 is 15.4 Å². The lowest BCUT2D eigenvalue weighted by Gasteiger charge is -2.24. The van der Waals surface area contributed by atoms with Gasteiger partial charge in [0.15, 0.2) is 5.96 Å². The average molecular weight is 418 g/mol. The molecule has 0 bridgehead atoms. The van der Waals surface area contributed by atoms with Gasteiger partial charge in [-0.15, -0.1) is 24.0 Å². The first-order chi connectivity index (χ1) is 9.01. The molecule has 0 unspecified atom stereocenters. The number of hydrogen-bond donors (Lipinski definition) is 3. The molecule has 0 saturated heterocycles. The Balaban J connectivity index is 0.00000361. The highest BCUT2D eigenvalue weighted by Crippen LogP contribution is 2.17. The van der Waals surface area contributed by atoms with E-state index < -0.39 is 10.0 Å². The molecule has 0 aromatic heterocycles. The summed E-state index contributed by atoms with van der Waals surface area (Å²) in [6, 6.07) is 0.495. The van der Waals surface area contributed by atoms with Crippen molar-refractivity contribution in [3.05, 3.63) is 0 Å². The minimum Gasteiger partial charge on any atom is -0.357 e. The van der Waals surface area contributed by atoms with Crippen LogP contribution in [0.3, 0.4) is 0 Å². The van der Waals surface area contributed by atoms with Crippen LogP contribution in [0.4, 0.5) is 0 Å². The molecule has 8 heteroatoms. The molecule has 0 spiro atoms. The third-order valence-electron chi connectivity index (χ3n) is 3.04. The quantitative estimate of drug-likeness (QED) is 0.261. The highest BCUT2D eigenvalue weighted by atomic mass is 127. The number of halogens is 1. The standard InChI is InChI=1S/C12H26N4O2S.HI/c1-3-13-12(14-9-10-15-19(2,17)18)16-11-7-5-4-6-8-11;/h11,15H,3-10H2,1-2H3,(H2,13,14,16);1H. The Morgan fingerprint density at radius 3 is 2.45 bits per heavy atom. The van der Waals surface area contributed by atoms with E-state index >= 15 is 0 Å². The molecule has 1 fully saturated rings. The van der Waals surface area contributed by atoms with Crippen molar-refractivity contribution in [2.24, 2.45) is 4.99 Å². The van der Waals surface area contributed by atoms with Crippen LogP contribution in [0.5, 0.6) is 0 Å². The van der Waals surface area contributed by atoms with Crippen molar-refractivity contribution in [3.8, 4) is 0 Å². The lowest BCUT2D eigenvalue weighted by atomic mass is 9.96. The molecule has 1 aliphatic rings. The Hall–Kier alpha value is -0.0900. The van der Waals surface area contributed by atoms with Crippen molar-refractivity contribution < 1.29 is 8.42 Å². The molecule has 0 radical (unpaired) electrons. The minimum absolute atomic E-state index is 0. The van der Waals surface area contributed by atoms with Crippen LogP contribution in [-0.2, 0) is 10.0 Å². The summed E-state index contributed by atoms with van der Waals surface area (Å²) < 4.78 is 24.3. The van der Waals surface area contributed by atoms with Crippen LogP contribution in [0.15, 0.2) is 4.99 Å². The van der Waals surface area contributed by atoms with Crippen LogP contribution in [-0.4, -0.2) is 46.3 Å². The van der Waals surface area contributed by atoms with E-state index in [2.05, 4.69) is 20.3 Å². The number of rotatable bonds is 6. The van der Waals surface area contributed by atoms with Gasteiger partial charge in [-0.1, -0.05) is 19.3 Å². The second-order valence-corrected chi connectivity index (χ2v) is 6.74. The topological polar surface area (TPSA) is 82.6 Å². The van der Waals surface area contributed by atoms with E-state index in [-0.39, 0.29) is 24.0 Å². The van der Waals surface area contributed by atoms with Crippen LogP contribution in [0.1, 0.15) is 39.0 Å². The van der Waals surface area contributed by atoms with E-state index in [1.165, 1.54) is 32.1 Å². The molecule has 1 aliphatic carbocycles. The number of nitrogens with zero attached hydrogens (tertiary/aromatic N) is 1. The number of nitrogens with one attached hydrogen (secondary N) is 3. The number of guanidine groups is 1. The van der Waals surface area contributed by atoms with E-state index in [4.69, 9.17) is 0 Å². The Labute approximate surface area is 139 Å². The van der Waals surface area contributed by atoms with E-state index in [0.29, 0.717) is 19.1 Å². The first-order valence-corrected chi connectivity index (χ1v) is 8.90. The number of hydrogen-bond acceptors (Lipinski definition) is 3. The first kappa shape index (κ1) is 19.9. The molecule has 3 N–H and O–H groups in total. The van der Waals surface area contributed by atoms with Gasteiger partial charge in [-0.25, -0.2) is 13.1 Å². The second kappa shape index (κ2) is 10.6. The van der Waals surface area contributed by atoms with Gasteiger partial charge in [0, 0.05) is 19.1 Å². The molecular weight excluding hydrogens is 391 g/mol. The van der Waals surface area contributed by atoms with E-state index in [1.54, 1.807) is 0 Å². The molecule has 0 aromatic carbocycles. The van der Waals surface area contributed by atoms with Gasteiger partial charge in [0.25, 0.3) is 0 Å². The predicted molar refractivity (Wildman–Crippen MR) is 94.2 cm³/mol. The summed E-state index contributed by atoms with van der Waals surface area (Å²) in [4.78, 5) is 4.38. The summed E-state index contributed by atoms with van der Waals surface area (Å²) in [5, 5.41) is 6.61. The SMILES string of the molecule is CCNC(=NCCNS(C)(=O)=O)NC1CCCCC1.I. The van der Waals surface area contributed by atoms with Crippen LogP contribution >= 0.6 is 24.0 Å². The van der Waals surface area contributed by atoms with Crippen LogP contribution in [0.2, 0.25) is 0 Å². The maximum Gasteiger partial charge on any atom is 0.208 e. The summed E-state index contributed by atoms with van der Waals surface area (Å²) >= 11 is 0. The Bertz CT molecular complexity index is 381.